The van der Waals surface area contributed by atoms with Gasteiger partial charge in [0.15, 0.2) is 0 Å². The lowest BCUT2D eigenvalue weighted by Crippen LogP contribution is -2.09. The second-order valence-corrected chi connectivity index (χ2v) is 7.14. The average Bonchev–Trinajstić information content (AvgIpc) is 2.56. The number of hydrogen-bond acceptors (Lipinski definition) is 3. The van der Waals surface area contributed by atoms with Gasteiger partial charge in [0, 0.05) is 21.7 Å². The van der Waals surface area contributed by atoms with E-state index in [0.29, 0.717) is 18.8 Å². The lowest BCUT2D eigenvalue weighted by molar-refractivity contribution is 0.0698. The fourth-order valence-electron chi connectivity index (χ4n) is 2.48. The molecule has 0 spiro atoms. The molecule has 0 heterocycles. The molecule has 0 amide bonds. The highest BCUT2D eigenvalue weighted by molar-refractivity contribution is 9.10. The first-order chi connectivity index (χ1) is 11.9. The van der Waals surface area contributed by atoms with Crippen LogP contribution < -0.4 is 10.1 Å². The summed E-state index contributed by atoms with van der Waals surface area (Å²) in [6, 6.07) is 9.06. The third kappa shape index (κ3) is 5.65. The van der Waals surface area contributed by atoms with E-state index in [9.17, 15) is 9.90 Å². The van der Waals surface area contributed by atoms with Gasteiger partial charge in [-0.2, -0.15) is 0 Å². The first-order valence-electron chi connectivity index (χ1n) is 8.04. The molecule has 0 unspecified atom stereocenters. The van der Waals surface area contributed by atoms with Gasteiger partial charge in [-0.05, 0) is 68.1 Å². The molecule has 134 valence electrons. The van der Waals surface area contributed by atoms with Crippen LogP contribution in [0.15, 0.2) is 34.8 Å². The third-order valence-electron chi connectivity index (χ3n) is 3.78. The van der Waals surface area contributed by atoms with Gasteiger partial charge in [-0.1, -0.05) is 27.5 Å². The molecule has 2 aromatic carbocycles. The van der Waals surface area contributed by atoms with Crippen LogP contribution in [-0.4, -0.2) is 24.2 Å². The number of aryl methyl sites for hydroxylation is 2. The second-order valence-electron chi connectivity index (χ2n) is 5.85. The summed E-state index contributed by atoms with van der Waals surface area (Å²) >= 11 is 9.43. The van der Waals surface area contributed by atoms with Crippen LogP contribution >= 0.6 is 27.5 Å². The largest absolute Gasteiger partial charge is 0.494 e. The van der Waals surface area contributed by atoms with E-state index >= 15 is 0 Å². The molecule has 4 nitrogen and oxygen atoms in total. The number of aromatic carboxylic acids is 1. The molecule has 2 N–H and O–H groups in total. The smallest absolute Gasteiger partial charge is 0.337 e. The quantitative estimate of drug-likeness (QED) is 0.532. The number of nitrogens with one attached hydrogen (secondary N) is 1. The number of carbonyl (C=O) groups is 1. The second kappa shape index (κ2) is 9.11. The summed E-state index contributed by atoms with van der Waals surface area (Å²) in [5.41, 5.74) is 2.91. The van der Waals surface area contributed by atoms with E-state index in [1.807, 2.05) is 32.0 Å². The molecule has 0 bridgehead atoms. The summed E-state index contributed by atoms with van der Waals surface area (Å²) < 4.78 is 6.51. The van der Waals surface area contributed by atoms with Gasteiger partial charge in [-0.25, -0.2) is 4.79 Å². The Bertz CT molecular complexity index is 741. The fraction of sp³-hybridized carbons (Fsp3) is 0.316. The van der Waals surface area contributed by atoms with E-state index in [-0.39, 0.29) is 5.56 Å². The van der Waals surface area contributed by atoms with Gasteiger partial charge in [-0.3, -0.25) is 0 Å². The Labute approximate surface area is 161 Å². The van der Waals surface area contributed by atoms with Gasteiger partial charge in [-0.15, -0.1) is 0 Å². The van der Waals surface area contributed by atoms with Crippen LogP contribution in [0.5, 0.6) is 5.75 Å². The van der Waals surface area contributed by atoms with Crippen molar-refractivity contribution < 1.29 is 14.6 Å². The Hall–Kier alpha value is -1.72. The molecule has 0 aliphatic rings. The van der Waals surface area contributed by atoms with Crippen LogP contribution in [0.3, 0.4) is 0 Å². The summed E-state index contributed by atoms with van der Waals surface area (Å²) in [6.07, 6.45) is 1.74. The van der Waals surface area contributed by atoms with Crippen molar-refractivity contribution in [1.82, 2.24) is 0 Å². The molecule has 0 aliphatic heterocycles. The maximum Gasteiger partial charge on any atom is 0.337 e. The lowest BCUT2D eigenvalue weighted by atomic mass is 10.1. The highest BCUT2D eigenvalue weighted by Gasteiger charge is 2.10. The molecule has 0 saturated carbocycles. The number of hydrogen-bond donors (Lipinski definition) is 2. The molecule has 0 aliphatic carbocycles. The van der Waals surface area contributed by atoms with Crippen molar-refractivity contribution in [3.63, 3.8) is 0 Å². The van der Waals surface area contributed by atoms with Crippen molar-refractivity contribution in [2.24, 2.45) is 0 Å². The van der Waals surface area contributed by atoms with Crippen molar-refractivity contribution in [3.8, 4) is 5.75 Å². The predicted octanol–water partition coefficient (Wildman–Crippen LogP) is 5.69. The summed E-state index contributed by atoms with van der Waals surface area (Å²) in [5.74, 6) is -0.117. The van der Waals surface area contributed by atoms with E-state index in [1.165, 1.54) is 0 Å². The molecule has 2 rings (SSSR count). The topological polar surface area (TPSA) is 58.6 Å². The van der Waals surface area contributed by atoms with Crippen LogP contribution in [0.25, 0.3) is 0 Å². The zero-order valence-electron chi connectivity index (χ0n) is 14.2. The van der Waals surface area contributed by atoms with Crippen molar-refractivity contribution in [3.05, 3.63) is 56.5 Å². The lowest BCUT2D eigenvalue weighted by Gasteiger charge is -2.11. The molecular weight excluding hydrogens is 406 g/mol. The maximum absolute atomic E-state index is 11.3. The number of ether oxygens (including phenoxy) is 1. The van der Waals surface area contributed by atoms with Crippen molar-refractivity contribution in [2.45, 2.75) is 26.7 Å². The van der Waals surface area contributed by atoms with Gasteiger partial charge in [0.25, 0.3) is 0 Å². The van der Waals surface area contributed by atoms with E-state index < -0.39 is 5.97 Å². The van der Waals surface area contributed by atoms with Crippen LogP contribution in [0.4, 0.5) is 5.69 Å². The zero-order chi connectivity index (χ0) is 18.4. The molecule has 0 radical (unpaired) electrons. The van der Waals surface area contributed by atoms with Gasteiger partial charge in [0.1, 0.15) is 5.75 Å². The number of unbranched alkanes of at least 4 members (excludes halogenated alkanes) is 1. The number of carboxylic acid groups (broad SMARTS) is 1. The normalized spacial score (nSPS) is 10.6. The number of halogens is 2. The Morgan fingerprint density at radius 2 is 1.88 bits per heavy atom. The Morgan fingerprint density at radius 1 is 1.20 bits per heavy atom. The number of anilines is 1. The first-order valence-corrected chi connectivity index (χ1v) is 9.22. The van der Waals surface area contributed by atoms with E-state index in [2.05, 4.69) is 21.2 Å². The van der Waals surface area contributed by atoms with Crippen LogP contribution in [0.1, 0.15) is 34.3 Å². The third-order valence-corrected chi connectivity index (χ3v) is 4.87. The number of benzene rings is 2. The molecule has 0 saturated heterocycles. The zero-order valence-corrected chi connectivity index (χ0v) is 16.6. The minimum absolute atomic E-state index is 0.262. The maximum atomic E-state index is 11.3. The van der Waals surface area contributed by atoms with Gasteiger partial charge >= 0.3 is 5.97 Å². The summed E-state index contributed by atoms with van der Waals surface area (Å²) in [7, 11) is 0. The van der Waals surface area contributed by atoms with Crippen molar-refractivity contribution in [1.29, 1.82) is 0 Å². The highest BCUT2D eigenvalue weighted by Crippen LogP contribution is 2.26. The van der Waals surface area contributed by atoms with Crippen molar-refractivity contribution >= 4 is 39.2 Å². The molecular formula is C19H21BrClNO3. The average molecular weight is 427 g/mol. The first kappa shape index (κ1) is 19.6. The van der Waals surface area contributed by atoms with Crippen LogP contribution in [-0.2, 0) is 0 Å². The van der Waals surface area contributed by atoms with Gasteiger partial charge in [0.2, 0.25) is 0 Å². The SMILES string of the molecule is Cc1cc(OCCCCNc2ccc(Br)cc2C(=O)O)cc(C)c1Cl. The van der Waals surface area contributed by atoms with Crippen LogP contribution in [0, 0.1) is 13.8 Å². The summed E-state index contributed by atoms with van der Waals surface area (Å²) in [6.45, 7) is 5.22. The Morgan fingerprint density at radius 3 is 2.52 bits per heavy atom. The molecule has 0 atom stereocenters. The Kier molecular flexibility index (Phi) is 7.14. The molecule has 0 aromatic heterocycles. The number of rotatable bonds is 8. The molecule has 0 fully saturated rings. The Balaban J connectivity index is 1.77. The standard InChI is InChI=1S/C19H21BrClNO3/c1-12-9-15(10-13(2)18(12)21)25-8-4-3-7-22-17-6-5-14(20)11-16(17)19(23)24/h5-6,9-11,22H,3-4,7-8H2,1-2H3,(H,23,24). The molecule has 25 heavy (non-hydrogen) atoms. The number of carboxylic acids is 1. The highest BCUT2D eigenvalue weighted by atomic mass is 79.9. The van der Waals surface area contributed by atoms with E-state index in [0.717, 1.165) is 39.2 Å². The van der Waals surface area contributed by atoms with E-state index in [1.54, 1.807) is 12.1 Å². The minimum Gasteiger partial charge on any atom is -0.494 e. The summed E-state index contributed by atoms with van der Waals surface area (Å²) in [5, 5.41) is 13.2. The van der Waals surface area contributed by atoms with Crippen molar-refractivity contribution in [2.75, 3.05) is 18.5 Å². The van der Waals surface area contributed by atoms with Crippen LogP contribution in [0.2, 0.25) is 5.02 Å². The predicted molar refractivity (Wildman–Crippen MR) is 105 cm³/mol. The minimum atomic E-state index is -0.944. The van der Waals surface area contributed by atoms with Gasteiger partial charge < -0.3 is 15.2 Å². The summed E-state index contributed by atoms with van der Waals surface area (Å²) in [4.78, 5) is 11.3. The van der Waals surface area contributed by atoms with Gasteiger partial charge in [0.05, 0.1) is 12.2 Å². The molecule has 6 heteroatoms. The molecule has 2 aromatic rings. The van der Waals surface area contributed by atoms with E-state index in [4.69, 9.17) is 16.3 Å². The monoisotopic (exact) mass is 425 g/mol. The fourth-order valence-corrected chi connectivity index (χ4v) is 2.95.